The maximum absolute atomic E-state index is 12.0. The third kappa shape index (κ3) is 4.87. The Morgan fingerprint density at radius 2 is 1.82 bits per heavy atom. The van der Waals surface area contributed by atoms with Gasteiger partial charge < -0.3 is 4.74 Å². The number of esters is 1. The van der Waals surface area contributed by atoms with E-state index in [1.807, 2.05) is 37.3 Å². The van der Waals surface area contributed by atoms with Gasteiger partial charge >= 0.3 is 5.97 Å². The zero-order chi connectivity index (χ0) is 23.6. The number of nitrogens with zero attached hydrogens (tertiary/aromatic N) is 3. The zero-order valence-electron chi connectivity index (χ0n) is 18.1. The van der Waals surface area contributed by atoms with E-state index in [0.717, 1.165) is 28.1 Å². The quantitative estimate of drug-likeness (QED) is 0.401. The molecule has 0 atom stereocenters. The first-order valence-corrected chi connectivity index (χ1v) is 12.6. The van der Waals surface area contributed by atoms with E-state index in [-0.39, 0.29) is 17.2 Å². The minimum absolute atomic E-state index is 0.0660. The highest BCUT2D eigenvalue weighted by Crippen LogP contribution is 2.30. The highest BCUT2D eigenvalue weighted by molar-refractivity contribution is 7.89. The van der Waals surface area contributed by atoms with Gasteiger partial charge in [-0.3, -0.25) is 0 Å². The zero-order valence-corrected chi connectivity index (χ0v) is 19.7. The fourth-order valence-electron chi connectivity index (χ4n) is 3.42. The minimum Gasteiger partial charge on any atom is -0.461 e. The summed E-state index contributed by atoms with van der Waals surface area (Å²) in [5, 5.41) is 12.2. The predicted molar refractivity (Wildman–Crippen MR) is 126 cm³/mol. The Balaban J connectivity index is 1.76. The summed E-state index contributed by atoms with van der Waals surface area (Å²) in [6, 6.07) is 16.3. The van der Waals surface area contributed by atoms with Crippen LogP contribution in [0.2, 0.25) is 0 Å². The van der Waals surface area contributed by atoms with Crippen molar-refractivity contribution >= 4 is 27.3 Å². The molecule has 8 nitrogen and oxygen atoms in total. The van der Waals surface area contributed by atoms with Crippen molar-refractivity contribution in [1.29, 1.82) is 0 Å². The molecular formula is C23H22N4O4S2. The molecule has 0 saturated heterocycles. The van der Waals surface area contributed by atoms with E-state index < -0.39 is 16.0 Å². The van der Waals surface area contributed by atoms with Crippen LogP contribution in [0.25, 0.3) is 16.4 Å². The summed E-state index contributed by atoms with van der Waals surface area (Å²) in [5.74, 6) is -0.469. The maximum atomic E-state index is 12.0. The first-order chi connectivity index (χ1) is 15.8. The molecule has 0 aliphatic rings. The Morgan fingerprint density at radius 3 is 2.45 bits per heavy atom. The number of benzene rings is 2. The van der Waals surface area contributed by atoms with Gasteiger partial charge in [0.1, 0.15) is 0 Å². The van der Waals surface area contributed by atoms with Crippen molar-refractivity contribution in [2.45, 2.75) is 25.2 Å². The fourth-order valence-corrected chi connectivity index (χ4v) is 4.73. The normalized spacial score (nSPS) is 11.5. The number of rotatable bonds is 7. The van der Waals surface area contributed by atoms with Gasteiger partial charge in [-0.1, -0.05) is 42.5 Å². The number of sulfonamides is 1. The lowest BCUT2D eigenvalue weighted by atomic mass is 9.99. The summed E-state index contributed by atoms with van der Waals surface area (Å²) in [4.78, 5) is 16.5. The maximum Gasteiger partial charge on any atom is 0.357 e. The first kappa shape index (κ1) is 22.8. The molecule has 0 aliphatic carbocycles. The summed E-state index contributed by atoms with van der Waals surface area (Å²) >= 11 is 1.31. The van der Waals surface area contributed by atoms with Crippen LogP contribution >= 0.6 is 11.3 Å². The topological polar surface area (TPSA) is 117 Å². The molecule has 33 heavy (non-hydrogen) atoms. The molecule has 10 heteroatoms. The van der Waals surface area contributed by atoms with Crippen molar-refractivity contribution in [1.82, 2.24) is 14.8 Å². The van der Waals surface area contributed by atoms with Crippen molar-refractivity contribution in [2.24, 2.45) is 5.14 Å². The van der Waals surface area contributed by atoms with E-state index in [1.165, 1.54) is 23.5 Å². The number of nitrogens with two attached hydrogens (primary N) is 1. The summed E-state index contributed by atoms with van der Waals surface area (Å²) in [6.45, 7) is 3.97. The third-order valence-corrected chi connectivity index (χ3v) is 6.82. The van der Waals surface area contributed by atoms with Crippen LogP contribution in [0.1, 0.15) is 34.2 Å². The number of primary sulfonamides is 1. The van der Waals surface area contributed by atoms with Gasteiger partial charge in [0, 0.05) is 28.6 Å². The Morgan fingerprint density at radius 1 is 1.12 bits per heavy atom. The molecule has 170 valence electrons. The standard InChI is InChI=1S/C23H22N4O4S2/c1-3-31-22(28)20-14-32-23(25-20)27-15(2)19(21(26-27)17-7-5-4-6-8-17)13-16-9-11-18(12-10-16)33(24,29)30/h4-12,14H,3,13H2,1-2H3,(H2,24,29,30). The lowest BCUT2D eigenvalue weighted by molar-refractivity contribution is 0.0520. The molecule has 2 aromatic carbocycles. The average molecular weight is 483 g/mol. The number of carbonyl (C=O) groups is 1. The van der Waals surface area contributed by atoms with Crippen LogP contribution in [0, 0.1) is 6.92 Å². The van der Waals surface area contributed by atoms with Crippen molar-refractivity contribution < 1.29 is 17.9 Å². The van der Waals surface area contributed by atoms with Crippen LogP contribution in [0.4, 0.5) is 0 Å². The molecule has 2 aromatic heterocycles. The van der Waals surface area contributed by atoms with Crippen LogP contribution in [-0.2, 0) is 21.2 Å². The van der Waals surface area contributed by atoms with E-state index in [4.69, 9.17) is 15.0 Å². The SMILES string of the molecule is CCOC(=O)c1csc(-n2nc(-c3ccccc3)c(Cc3ccc(S(N)(=O)=O)cc3)c2C)n1. The predicted octanol–water partition coefficient (Wildman–Crippen LogP) is 3.72. The first-order valence-electron chi connectivity index (χ1n) is 10.2. The van der Waals surface area contributed by atoms with Crippen molar-refractivity contribution in [2.75, 3.05) is 6.61 Å². The van der Waals surface area contributed by atoms with Gasteiger partial charge in [0.25, 0.3) is 0 Å². The molecule has 0 unspecified atom stereocenters. The number of aromatic nitrogens is 3. The molecule has 0 bridgehead atoms. The summed E-state index contributed by atoms with van der Waals surface area (Å²) in [6.07, 6.45) is 0.525. The largest absolute Gasteiger partial charge is 0.461 e. The third-order valence-electron chi connectivity index (χ3n) is 5.08. The van der Waals surface area contributed by atoms with Crippen molar-refractivity contribution in [3.63, 3.8) is 0 Å². The highest BCUT2D eigenvalue weighted by Gasteiger charge is 2.21. The number of ether oxygens (including phenoxy) is 1. The molecular weight excluding hydrogens is 460 g/mol. The minimum atomic E-state index is -3.75. The van der Waals surface area contributed by atoms with Crippen molar-refractivity contribution in [3.05, 3.63) is 82.5 Å². The molecule has 0 amide bonds. The monoisotopic (exact) mass is 482 g/mol. The molecule has 0 fully saturated rings. The average Bonchev–Trinajstić information content (AvgIpc) is 3.40. The fraction of sp³-hybridized carbons (Fsp3) is 0.174. The Kier molecular flexibility index (Phi) is 6.41. The number of thiazole rings is 1. The number of carbonyl (C=O) groups excluding carboxylic acids is 1. The van der Waals surface area contributed by atoms with E-state index >= 15 is 0 Å². The lowest BCUT2D eigenvalue weighted by Crippen LogP contribution is -2.11. The van der Waals surface area contributed by atoms with Crippen LogP contribution in [0.5, 0.6) is 0 Å². The molecule has 4 aromatic rings. The van der Waals surface area contributed by atoms with E-state index in [9.17, 15) is 13.2 Å². The molecule has 0 aliphatic heterocycles. The molecule has 2 heterocycles. The van der Waals surface area contributed by atoms with Crippen LogP contribution in [0.3, 0.4) is 0 Å². The Bertz CT molecular complexity index is 1390. The molecule has 2 N–H and O–H groups in total. The molecule has 0 saturated carbocycles. The van der Waals surface area contributed by atoms with Gasteiger partial charge in [-0.15, -0.1) is 11.3 Å². The lowest BCUT2D eigenvalue weighted by Gasteiger charge is -2.06. The highest BCUT2D eigenvalue weighted by atomic mass is 32.2. The second-order valence-corrected chi connectivity index (χ2v) is 9.69. The van der Waals surface area contributed by atoms with Gasteiger partial charge in [0.2, 0.25) is 15.2 Å². The van der Waals surface area contributed by atoms with Crippen LogP contribution < -0.4 is 5.14 Å². The van der Waals surface area contributed by atoms with Crippen LogP contribution in [0.15, 0.2) is 64.9 Å². The van der Waals surface area contributed by atoms with E-state index in [0.29, 0.717) is 11.6 Å². The van der Waals surface area contributed by atoms with Gasteiger partial charge in [0.05, 0.1) is 17.2 Å². The summed E-state index contributed by atoms with van der Waals surface area (Å²) in [7, 11) is -3.75. The molecule has 4 rings (SSSR count). The summed E-state index contributed by atoms with van der Waals surface area (Å²) < 4.78 is 29.9. The van der Waals surface area contributed by atoms with E-state index in [2.05, 4.69) is 4.98 Å². The second-order valence-electron chi connectivity index (χ2n) is 7.29. The van der Waals surface area contributed by atoms with Gasteiger partial charge in [-0.05, 0) is 31.5 Å². The van der Waals surface area contributed by atoms with Crippen LogP contribution in [-0.4, -0.2) is 35.8 Å². The molecule has 0 radical (unpaired) electrons. The smallest absolute Gasteiger partial charge is 0.357 e. The van der Waals surface area contributed by atoms with Crippen molar-refractivity contribution in [3.8, 4) is 16.4 Å². The Hall–Kier alpha value is -3.34. The van der Waals surface area contributed by atoms with Gasteiger partial charge in [-0.25, -0.2) is 28.0 Å². The second kappa shape index (κ2) is 9.26. The van der Waals surface area contributed by atoms with Gasteiger partial charge in [0.15, 0.2) is 5.69 Å². The van der Waals surface area contributed by atoms with Gasteiger partial charge in [-0.2, -0.15) is 5.10 Å². The number of hydrogen-bond donors (Lipinski definition) is 1. The summed E-state index contributed by atoms with van der Waals surface area (Å²) in [5.41, 5.74) is 4.72. The van der Waals surface area contributed by atoms with E-state index in [1.54, 1.807) is 29.1 Å². The molecule has 0 spiro atoms. The number of hydrogen-bond acceptors (Lipinski definition) is 7. The Labute approximate surface area is 195 Å².